The van der Waals surface area contributed by atoms with Crippen LogP contribution >= 0.6 is 0 Å². The van der Waals surface area contributed by atoms with E-state index in [-0.39, 0.29) is 6.10 Å². The first kappa shape index (κ1) is 15.0. The summed E-state index contributed by atoms with van der Waals surface area (Å²) in [5.41, 5.74) is 2.14. The molecule has 3 rings (SSSR count). The molecule has 0 saturated carbocycles. The number of aromatic nitrogens is 3. The molecule has 2 atom stereocenters. The van der Waals surface area contributed by atoms with E-state index in [1.165, 1.54) is 5.56 Å². The zero-order valence-corrected chi connectivity index (χ0v) is 13.7. The molecule has 0 radical (unpaired) electrons. The zero-order chi connectivity index (χ0) is 15.7. The molecule has 0 N–H and O–H groups in total. The lowest BCUT2D eigenvalue weighted by molar-refractivity contribution is 0.254. The van der Waals surface area contributed by atoms with Gasteiger partial charge in [0.25, 0.3) is 0 Å². The van der Waals surface area contributed by atoms with Crippen molar-refractivity contribution in [1.82, 2.24) is 14.8 Å². The number of hydrogen-bond donors (Lipinski definition) is 0. The van der Waals surface area contributed by atoms with Gasteiger partial charge < -0.3 is 14.0 Å². The molecule has 0 spiro atoms. The van der Waals surface area contributed by atoms with Crippen LogP contribution in [0.2, 0.25) is 0 Å². The second-order valence-corrected chi connectivity index (χ2v) is 6.60. The number of hydrogen-bond acceptors (Lipinski definition) is 5. The van der Waals surface area contributed by atoms with Gasteiger partial charge in [0.15, 0.2) is 0 Å². The number of benzene rings is 1. The van der Waals surface area contributed by atoms with Crippen LogP contribution in [0.25, 0.3) is 0 Å². The predicted molar refractivity (Wildman–Crippen MR) is 82.9 cm³/mol. The van der Waals surface area contributed by atoms with Crippen molar-refractivity contribution >= 4 is 10.8 Å². The fraction of sp³-hybridized carbons (Fsp3) is 0.467. The average molecular weight is 321 g/mol. The molecule has 6 nitrogen and oxygen atoms in total. The Labute approximate surface area is 131 Å². The summed E-state index contributed by atoms with van der Waals surface area (Å²) in [5, 5.41) is 8.22. The van der Waals surface area contributed by atoms with Crippen molar-refractivity contribution in [3.05, 3.63) is 29.6 Å². The van der Waals surface area contributed by atoms with Crippen LogP contribution in [0.4, 0.5) is 0 Å². The molecule has 0 saturated heterocycles. The SMILES string of the molecule is CCOc1cc2c(cc1Cn1cnnc1[S@@](C)=O)O[C@H](C)C2. The summed E-state index contributed by atoms with van der Waals surface area (Å²) >= 11 is 0. The van der Waals surface area contributed by atoms with Gasteiger partial charge in [-0.25, -0.2) is 0 Å². The molecule has 1 aromatic heterocycles. The monoisotopic (exact) mass is 321 g/mol. The molecule has 118 valence electrons. The van der Waals surface area contributed by atoms with Crippen LogP contribution in [0, 0.1) is 0 Å². The van der Waals surface area contributed by atoms with Crippen LogP contribution in [0.3, 0.4) is 0 Å². The van der Waals surface area contributed by atoms with Crippen LogP contribution in [0.1, 0.15) is 25.0 Å². The van der Waals surface area contributed by atoms with Gasteiger partial charge >= 0.3 is 0 Å². The van der Waals surface area contributed by atoms with E-state index in [0.29, 0.717) is 18.3 Å². The van der Waals surface area contributed by atoms with Gasteiger partial charge in [-0.05, 0) is 26.0 Å². The Balaban J connectivity index is 1.97. The minimum atomic E-state index is -1.18. The van der Waals surface area contributed by atoms with Gasteiger partial charge in [-0.1, -0.05) is 0 Å². The maximum atomic E-state index is 11.7. The van der Waals surface area contributed by atoms with Crippen molar-refractivity contribution in [2.75, 3.05) is 12.9 Å². The lowest BCUT2D eigenvalue weighted by Crippen LogP contribution is -2.07. The van der Waals surface area contributed by atoms with Gasteiger partial charge in [-0.15, -0.1) is 10.2 Å². The van der Waals surface area contributed by atoms with Gasteiger partial charge in [0.05, 0.1) is 24.0 Å². The van der Waals surface area contributed by atoms with E-state index in [4.69, 9.17) is 9.47 Å². The highest BCUT2D eigenvalue weighted by molar-refractivity contribution is 7.84. The highest BCUT2D eigenvalue weighted by Gasteiger charge is 2.22. The van der Waals surface area contributed by atoms with Crippen LogP contribution in [-0.2, 0) is 23.8 Å². The molecule has 1 aliphatic heterocycles. The molecule has 1 aliphatic rings. The third-order valence-corrected chi connectivity index (χ3v) is 4.39. The van der Waals surface area contributed by atoms with Gasteiger partial charge in [-0.2, -0.15) is 0 Å². The Morgan fingerprint density at radius 1 is 1.50 bits per heavy atom. The first-order chi connectivity index (χ1) is 10.6. The summed E-state index contributed by atoms with van der Waals surface area (Å²) in [6.45, 7) is 5.11. The highest BCUT2D eigenvalue weighted by Crippen LogP contribution is 2.35. The van der Waals surface area contributed by atoms with E-state index in [1.807, 2.05) is 19.1 Å². The lowest BCUT2D eigenvalue weighted by atomic mass is 10.1. The van der Waals surface area contributed by atoms with Gasteiger partial charge in [-0.3, -0.25) is 4.21 Å². The third-order valence-electron chi connectivity index (χ3n) is 3.56. The Morgan fingerprint density at radius 3 is 3.05 bits per heavy atom. The number of fused-ring (bicyclic) bond motifs is 1. The highest BCUT2D eigenvalue weighted by atomic mass is 32.2. The van der Waals surface area contributed by atoms with Gasteiger partial charge in [0, 0.05) is 23.8 Å². The van der Waals surface area contributed by atoms with Crippen molar-refractivity contribution in [3.63, 3.8) is 0 Å². The number of rotatable bonds is 5. The minimum Gasteiger partial charge on any atom is -0.494 e. The quantitative estimate of drug-likeness (QED) is 0.840. The Morgan fingerprint density at radius 2 is 2.32 bits per heavy atom. The molecule has 0 unspecified atom stereocenters. The maximum Gasteiger partial charge on any atom is 0.221 e. The first-order valence-electron chi connectivity index (χ1n) is 7.25. The topological polar surface area (TPSA) is 66.2 Å². The smallest absolute Gasteiger partial charge is 0.221 e. The van der Waals surface area contributed by atoms with E-state index < -0.39 is 10.8 Å². The molecule has 2 aromatic rings. The molecular formula is C15H19N3O3S. The van der Waals surface area contributed by atoms with Crippen LogP contribution in [0.5, 0.6) is 11.5 Å². The van der Waals surface area contributed by atoms with E-state index >= 15 is 0 Å². The molecule has 22 heavy (non-hydrogen) atoms. The molecule has 7 heteroatoms. The zero-order valence-electron chi connectivity index (χ0n) is 12.9. The standard InChI is InChI=1S/C15H19N3O3S/c1-4-20-13-6-11-5-10(2)21-14(11)7-12(13)8-18-9-16-17-15(18)22(3)19/h6-7,9-10H,4-5,8H2,1-3H3/t10-,22-/m1/s1. The summed E-state index contributed by atoms with van der Waals surface area (Å²) < 4.78 is 25.0. The van der Waals surface area contributed by atoms with Crippen LogP contribution in [0.15, 0.2) is 23.6 Å². The van der Waals surface area contributed by atoms with E-state index in [2.05, 4.69) is 17.1 Å². The van der Waals surface area contributed by atoms with Crippen molar-refractivity contribution < 1.29 is 13.7 Å². The Kier molecular flexibility index (Phi) is 4.15. The van der Waals surface area contributed by atoms with Crippen molar-refractivity contribution in [2.45, 2.75) is 38.1 Å². The van der Waals surface area contributed by atoms with Crippen molar-refractivity contribution in [3.8, 4) is 11.5 Å². The van der Waals surface area contributed by atoms with Crippen molar-refractivity contribution in [2.24, 2.45) is 0 Å². The predicted octanol–water partition coefficient (Wildman–Crippen LogP) is 1.79. The Bertz CT molecular complexity index is 714. The second kappa shape index (κ2) is 6.08. The lowest BCUT2D eigenvalue weighted by Gasteiger charge is -2.13. The summed E-state index contributed by atoms with van der Waals surface area (Å²) in [6.07, 6.45) is 4.26. The maximum absolute atomic E-state index is 11.7. The number of ether oxygens (including phenoxy) is 2. The minimum absolute atomic E-state index is 0.188. The largest absolute Gasteiger partial charge is 0.494 e. The number of nitrogens with zero attached hydrogens (tertiary/aromatic N) is 3. The molecule has 0 fully saturated rings. The van der Waals surface area contributed by atoms with E-state index in [9.17, 15) is 4.21 Å². The molecule has 0 aliphatic carbocycles. The van der Waals surface area contributed by atoms with Crippen LogP contribution < -0.4 is 9.47 Å². The molecule has 0 amide bonds. The fourth-order valence-electron chi connectivity index (χ4n) is 2.65. The summed E-state index contributed by atoms with van der Waals surface area (Å²) in [4.78, 5) is 0. The molecule has 2 heterocycles. The molecule has 0 bridgehead atoms. The second-order valence-electron chi connectivity index (χ2n) is 5.33. The summed E-state index contributed by atoms with van der Waals surface area (Å²) in [7, 11) is -1.18. The first-order valence-corrected chi connectivity index (χ1v) is 8.80. The molecular weight excluding hydrogens is 302 g/mol. The van der Waals surface area contributed by atoms with Gasteiger partial charge in [0.1, 0.15) is 23.9 Å². The molecule has 1 aromatic carbocycles. The summed E-state index contributed by atoms with van der Waals surface area (Å²) in [6, 6.07) is 4.05. The van der Waals surface area contributed by atoms with E-state index in [1.54, 1.807) is 17.2 Å². The average Bonchev–Trinajstić information content (AvgIpc) is 3.05. The fourth-order valence-corrected chi connectivity index (χ4v) is 3.26. The normalized spacial score (nSPS) is 17.9. The summed E-state index contributed by atoms with van der Waals surface area (Å²) in [5.74, 6) is 1.73. The van der Waals surface area contributed by atoms with Gasteiger partial charge in [0.2, 0.25) is 5.16 Å². The Hall–Kier alpha value is -1.89. The third kappa shape index (κ3) is 2.85. The van der Waals surface area contributed by atoms with Crippen LogP contribution in [-0.4, -0.2) is 37.9 Å². The van der Waals surface area contributed by atoms with E-state index in [0.717, 1.165) is 23.5 Å². The van der Waals surface area contributed by atoms with Crippen molar-refractivity contribution in [1.29, 1.82) is 0 Å².